The van der Waals surface area contributed by atoms with Gasteiger partial charge in [-0.25, -0.2) is 4.98 Å². The molecular weight excluding hydrogens is 523 g/mol. The van der Waals surface area contributed by atoms with Crippen LogP contribution in [0.3, 0.4) is 0 Å². The maximum Gasteiger partial charge on any atom is 0.481 e. The van der Waals surface area contributed by atoms with Crippen LogP contribution in [0.25, 0.3) is 10.4 Å². The van der Waals surface area contributed by atoms with E-state index in [0.717, 1.165) is 62.3 Å². The van der Waals surface area contributed by atoms with Crippen LogP contribution in [0.4, 0.5) is 0 Å². The van der Waals surface area contributed by atoms with Gasteiger partial charge in [0, 0.05) is 35.7 Å². The summed E-state index contributed by atoms with van der Waals surface area (Å²) < 4.78 is 9.49. The minimum absolute atomic E-state index is 0.227. The first kappa shape index (κ1) is 25.1. The van der Waals surface area contributed by atoms with E-state index in [1.54, 1.807) is 11.3 Å². The molecule has 7 heteroatoms. The van der Waals surface area contributed by atoms with Gasteiger partial charge in [-0.1, -0.05) is 102 Å². The third-order valence-electron chi connectivity index (χ3n) is 9.53. The lowest BCUT2D eigenvalue weighted by atomic mass is 9.63. The summed E-state index contributed by atoms with van der Waals surface area (Å²) in [5, 5.41) is 5.78. The minimum Gasteiger partial charge on any atom is -0.466 e. The monoisotopic (exact) mass is 555 g/mol. The Kier molecular flexibility index (Phi) is 5.94. The molecule has 1 saturated carbocycles. The van der Waals surface area contributed by atoms with Crippen molar-refractivity contribution >= 4 is 19.3 Å². The van der Waals surface area contributed by atoms with Gasteiger partial charge in [-0.3, -0.25) is 4.68 Å². The molecule has 3 saturated heterocycles. The number of ether oxygens (including phenoxy) is 1. The molecule has 0 N–H and O–H groups in total. The summed E-state index contributed by atoms with van der Waals surface area (Å²) in [7, 11) is 6.68. The zero-order valence-corrected chi connectivity index (χ0v) is 23.7. The molecule has 4 bridgehead atoms. The van der Waals surface area contributed by atoms with E-state index in [4.69, 9.17) is 22.8 Å². The molecule has 2 aromatic heterocycles. The van der Waals surface area contributed by atoms with Crippen molar-refractivity contribution in [2.75, 3.05) is 19.6 Å². The summed E-state index contributed by atoms with van der Waals surface area (Å²) in [6, 6.07) is 31.9. The van der Waals surface area contributed by atoms with E-state index in [1.807, 2.05) is 12.4 Å². The first-order valence-electron chi connectivity index (χ1n) is 14.6. The van der Waals surface area contributed by atoms with Crippen LogP contribution < -0.4 is 4.74 Å². The second-order valence-corrected chi connectivity index (χ2v) is 13.2. The van der Waals surface area contributed by atoms with Gasteiger partial charge in [0.15, 0.2) is 0 Å². The highest BCUT2D eigenvalue weighted by Gasteiger charge is 2.55. The Hall–Kier alpha value is -3.68. The lowest BCUT2D eigenvalue weighted by Crippen LogP contribution is -2.70. The Morgan fingerprint density at radius 3 is 1.88 bits per heavy atom. The zero-order chi connectivity index (χ0) is 27.4. The average molecular weight is 556 g/mol. The molecule has 202 valence electrons. The Morgan fingerprint density at radius 2 is 1.34 bits per heavy atom. The van der Waals surface area contributed by atoms with Crippen LogP contribution in [0.1, 0.15) is 29.5 Å². The number of hydrogen-bond acceptors (Lipinski definition) is 4. The van der Waals surface area contributed by atoms with E-state index in [0.29, 0.717) is 11.8 Å². The molecular formula is C34H32BN4OS+. The van der Waals surface area contributed by atoms with Crippen LogP contribution in [-0.2, 0) is 5.54 Å². The van der Waals surface area contributed by atoms with Crippen LogP contribution in [-0.4, -0.2) is 52.9 Å². The number of aromatic nitrogens is 3. The SMILES string of the molecule is [B][N+]12CC3CC(C1)C(Oc1ncc(-c4cnn(C(c5ccccc5)(c5ccccc5)c5ccccc5)c4)s1)C(C3)C2. The van der Waals surface area contributed by atoms with Gasteiger partial charge in [0.2, 0.25) is 0 Å². The predicted molar refractivity (Wildman–Crippen MR) is 163 cm³/mol. The number of hydrogen-bond donors (Lipinski definition) is 0. The van der Waals surface area contributed by atoms with Crippen LogP contribution in [0, 0.1) is 17.8 Å². The standard InChI is InChI=1S/C34H32BN4OS/c35-39-21-24-16-25(22-39)32(26(17-24)23-39)40-33-36-19-31(41-33)27-18-37-38(20-27)34(28-10-4-1-5-11-28,29-12-6-2-7-13-29)30-14-8-3-9-15-30/h1-15,18-20,24-26,32H,16-17,21-23H2/q+1. The number of piperidine rings is 3. The molecule has 0 amide bonds. The average Bonchev–Trinajstić information content (AvgIpc) is 3.67. The number of nitrogens with zero attached hydrogens (tertiary/aromatic N) is 4. The van der Waals surface area contributed by atoms with Gasteiger partial charge >= 0.3 is 7.98 Å². The molecule has 5 heterocycles. The van der Waals surface area contributed by atoms with Gasteiger partial charge in [-0.2, -0.15) is 5.10 Å². The first-order chi connectivity index (χ1) is 20.1. The third kappa shape index (κ3) is 4.17. The molecule has 3 aromatic carbocycles. The van der Waals surface area contributed by atoms with Gasteiger partial charge < -0.3 is 9.13 Å². The Bertz CT molecular complexity index is 1540. The lowest BCUT2D eigenvalue weighted by molar-refractivity contribution is -0.852. The summed E-state index contributed by atoms with van der Waals surface area (Å²) in [4.78, 5) is 5.79. The fourth-order valence-corrected chi connectivity index (χ4v) is 8.89. The van der Waals surface area contributed by atoms with Crippen molar-refractivity contribution in [3.63, 3.8) is 0 Å². The molecule has 1 aliphatic carbocycles. The molecule has 5 aromatic rings. The van der Waals surface area contributed by atoms with Crippen LogP contribution >= 0.6 is 11.3 Å². The van der Waals surface area contributed by atoms with Crippen molar-refractivity contribution in [2.24, 2.45) is 17.8 Å². The lowest BCUT2D eigenvalue weighted by Gasteiger charge is -2.59. The minimum atomic E-state index is -0.636. The highest BCUT2D eigenvalue weighted by atomic mass is 32.1. The number of thiazole rings is 1. The van der Waals surface area contributed by atoms with E-state index in [9.17, 15) is 0 Å². The summed E-state index contributed by atoms with van der Waals surface area (Å²) in [5.74, 6) is 1.82. The Morgan fingerprint density at radius 1 is 0.780 bits per heavy atom. The van der Waals surface area contributed by atoms with Gasteiger partial charge in [0.1, 0.15) is 11.6 Å². The van der Waals surface area contributed by atoms with Crippen LogP contribution in [0.5, 0.6) is 5.19 Å². The molecule has 4 fully saturated rings. The summed E-state index contributed by atoms with van der Waals surface area (Å²) in [5.41, 5.74) is 3.85. The van der Waals surface area contributed by atoms with Gasteiger partial charge in [0.25, 0.3) is 5.19 Å². The fraction of sp³-hybridized carbons (Fsp3) is 0.294. The molecule has 2 radical (unpaired) electrons. The Labute approximate surface area is 246 Å². The quantitative estimate of drug-likeness (QED) is 0.178. The Balaban J connectivity index is 1.16. The maximum absolute atomic E-state index is 6.68. The molecule has 2 unspecified atom stereocenters. The van der Waals surface area contributed by atoms with Crippen molar-refractivity contribution in [1.82, 2.24) is 14.8 Å². The van der Waals surface area contributed by atoms with E-state index in [2.05, 4.69) is 102 Å². The van der Waals surface area contributed by atoms with Gasteiger partial charge in [0.05, 0.1) is 30.7 Å². The van der Waals surface area contributed by atoms with Crippen molar-refractivity contribution in [3.05, 3.63) is 126 Å². The van der Waals surface area contributed by atoms with Crippen LogP contribution in [0.15, 0.2) is 110 Å². The molecule has 9 rings (SSSR count). The normalized spacial score (nSPS) is 26.7. The highest BCUT2D eigenvalue weighted by molar-refractivity contribution is 7.16. The van der Waals surface area contributed by atoms with E-state index >= 15 is 0 Å². The third-order valence-corrected chi connectivity index (χ3v) is 10.5. The van der Waals surface area contributed by atoms with E-state index in [-0.39, 0.29) is 6.10 Å². The van der Waals surface area contributed by atoms with E-state index < -0.39 is 5.54 Å². The van der Waals surface area contributed by atoms with Crippen molar-refractivity contribution in [2.45, 2.75) is 24.5 Å². The summed E-state index contributed by atoms with van der Waals surface area (Å²) in [6.45, 7) is 3.20. The van der Waals surface area contributed by atoms with Crippen molar-refractivity contribution in [3.8, 4) is 15.6 Å². The maximum atomic E-state index is 6.68. The molecule has 5 nitrogen and oxygen atoms in total. The topological polar surface area (TPSA) is 39.9 Å². The summed E-state index contributed by atoms with van der Waals surface area (Å²) >= 11 is 1.62. The van der Waals surface area contributed by atoms with E-state index in [1.165, 1.54) is 12.8 Å². The van der Waals surface area contributed by atoms with Crippen LogP contribution in [0.2, 0.25) is 0 Å². The first-order valence-corrected chi connectivity index (χ1v) is 15.4. The molecule has 2 atom stereocenters. The number of benzene rings is 3. The van der Waals surface area contributed by atoms with Gasteiger partial charge in [-0.05, 0) is 29.5 Å². The summed E-state index contributed by atoms with van der Waals surface area (Å²) in [6.07, 6.45) is 8.76. The van der Waals surface area contributed by atoms with Crippen molar-refractivity contribution < 1.29 is 9.13 Å². The second kappa shape index (κ2) is 9.71. The molecule has 3 aliphatic heterocycles. The second-order valence-electron chi connectivity index (χ2n) is 12.2. The number of quaternary nitrogens is 1. The molecule has 41 heavy (non-hydrogen) atoms. The molecule has 0 spiro atoms. The van der Waals surface area contributed by atoms with Gasteiger partial charge in [-0.15, -0.1) is 0 Å². The highest BCUT2D eigenvalue weighted by Crippen LogP contribution is 2.48. The predicted octanol–water partition coefficient (Wildman–Crippen LogP) is 6.16. The largest absolute Gasteiger partial charge is 0.481 e. The smallest absolute Gasteiger partial charge is 0.466 e. The zero-order valence-electron chi connectivity index (χ0n) is 22.9. The number of rotatable bonds is 7. The molecule has 4 aliphatic rings. The van der Waals surface area contributed by atoms with Crippen molar-refractivity contribution in [1.29, 1.82) is 0 Å². The fourth-order valence-electron chi connectivity index (χ4n) is 8.11.